The summed E-state index contributed by atoms with van der Waals surface area (Å²) < 4.78 is 0. The summed E-state index contributed by atoms with van der Waals surface area (Å²) in [4.78, 5) is 22.2. The van der Waals surface area contributed by atoms with Crippen molar-refractivity contribution >= 4 is 12.0 Å². The van der Waals surface area contributed by atoms with E-state index >= 15 is 0 Å². The standard InChI is InChI=1S/C12H9N3O3/c16-10(17)7-6-9-11(12(18)14-15-13-9)8-4-2-1-3-5-8/h1-7H,(H,16,17)(H,13,14,18). The van der Waals surface area contributed by atoms with E-state index in [0.29, 0.717) is 11.1 Å². The zero-order valence-corrected chi connectivity index (χ0v) is 9.20. The number of carbonyl (C=O) groups is 1. The number of aromatic nitrogens is 3. The molecule has 0 unspecified atom stereocenters. The zero-order chi connectivity index (χ0) is 13.0. The van der Waals surface area contributed by atoms with Gasteiger partial charge in [0, 0.05) is 6.08 Å². The predicted octanol–water partition coefficient (Wildman–Crippen LogP) is 0.930. The lowest BCUT2D eigenvalue weighted by Gasteiger charge is -2.02. The zero-order valence-electron chi connectivity index (χ0n) is 9.20. The van der Waals surface area contributed by atoms with Crippen LogP contribution in [0.15, 0.2) is 41.2 Å². The number of nitrogens with zero attached hydrogens (tertiary/aromatic N) is 2. The third kappa shape index (κ3) is 2.49. The lowest BCUT2D eigenvalue weighted by atomic mass is 10.1. The van der Waals surface area contributed by atoms with Gasteiger partial charge < -0.3 is 5.11 Å². The van der Waals surface area contributed by atoms with Crippen LogP contribution in [0, 0.1) is 0 Å². The molecule has 0 fully saturated rings. The van der Waals surface area contributed by atoms with Crippen molar-refractivity contribution in [2.24, 2.45) is 0 Å². The summed E-state index contributed by atoms with van der Waals surface area (Å²) in [7, 11) is 0. The van der Waals surface area contributed by atoms with E-state index in [0.717, 1.165) is 6.08 Å². The number of benzene rings is 1. The van der Waals surface area contributed by atoms with Crippen LogP contribution in [0.5, 0.6) is 0 Å². The minimum absolute atomic E-state index is 0.215. The molecule has 2 rings (SSSR count). The third-order valence-electron chi connectivity index (χ3n) is 2.24. The van der Waals surface area contributed by atoms with Gasteiger partial charge in [-0.15, -0.1) is 5.10 Å². The third-order valence-corrected chi connectivity index (χ3v) is 2.24. The molecule has 0 saturated heterocycles. The molecule has 90 valence electrons. The Bertz CT molecular complexity index is 647. The molecule has 18 heavy (non-hydrogen) atoms. The average Bonchev–Trinajstić information content (AvgIpc) is 2.37. The van der Waals surface area contributed by atoms with Gasteiger partial charge in [0.05, 0.1) is 5.56 Å². The molecule has 6 nitrogen and oxygen atoms in total. The summed E-state index contributed by atoms with van der Waals surface area (Å²) in [6.45, 7) is 0. The van der Waals surface area contributed by atoms with E-state index in [-0.39, 0.29) is 5.69 Å². The van der Waals surface area contributed by atoms with Gasteiger partial charge >= 0.3 is 5.97 Å². The normalized spacial score (nSPS) is 10.7. The molecule has 1 aromatic heterocycles. The summed E-state index contributed by atoms with van der Waals surface area (Å²) in [5.41, 5.74) is 0.746. The van der Waals surface area contributed by atoms with Gasteiger partial charge in [0.15, 0.2) is 0 Å². The molecule has 2 N–H and O–H groups in total. The molecule has 1 heterocycles. The van der Waals surface area contributed by atoms with Gasteiger partial charge in [0.2, 0.25) is 0 Å². The van der Waals surface area contributed by atoms with E-state index in [1.807, 2.05) is 6.07 Å². The van der Waals surface area contributed by atoms with Crippen molar-refractivity contribution in [2.75, 3.05) is 0 Å². The van der Waals surface area contributed by atoms with Crippen molar-refractivity contribution in [2.45, 2.75) is 0 Å². The van der Waals surface area contributed by atoms with Crippen LogP contribution >= 0.6 is 0 Å². The molecule has 0 aliphatic rings. The molecule has 0 aliphatic heterocycles. The molecule has 0 atom stereocenters. The number of aliphatic carboxylic acids is 1. The predicted molar refractivity (Wildman–Crippen MR) is 64.8 cm³/mol. The highest BCUT2D eigenvalue weighted by atomic mass is 16.4. The maximum absolute atomic E-state index is 11.7. The molecular formula is C12H9N3O3. The van der Waals surface area contributed by atoms with Crippen LogP contribution in [0.4, 0.5) is 0 Å². The van der Waals surface area contributed by atoms with Gasteiger partial charge in [0.25, 0.3) is 5.56 Å². The molecule has 0 saturated carbocycles. The van der Waals surface area contributed by atoms with Crippen LogP contribution in [-0.4, -0.2) is 26.5 Å². The van der Waals surface area contributed by atoms with Crippen molar-refractivity contribution in [3.8, 4) is 11.1 Å². The number of rotatable bonds is 3. The van der Waals surface area contributed by atoms with E-state index in [4.69, 9.17) is 5.11 Å². The number of carboxylic acids is 1. The monoisotopic (exact) mass is 243 g/mol. The summed E-state index contributed by atoms with van der Waals surface area (Å²) in [6.07, 6.45) is 2.16. The second kappa shape index (κ2) is 5.05. The van der Waals surface area contributed by atoms with Crippen LogP contribution in [0.25, 0.3) is 17.2 Å². The van der Waals surface area contributed by atoms with Gasteiger partial charge in [0.1, 0.15) is 5.69 Å². The summed E-state index contributed by atoms with van der Waals surface area (Å²) >= 11 is 0. The molecule has 1 aromatic carbocycles. The van der Waals surface area contributed by atoms with E-state index in [1.54, 1.807) is 24.3 Å². The Kier molecular flexibility index (Phi) is 3.29. The van der Waals surface area contributed by atoms with Gasteiger partial charge in [-0.3, -0.25) is 4.79 Å². The van der Waals surface area contributed by atoms with E-state index in [9.17, 15) is 9.59 Å². The fourth-order valence-corrected chi connectivity index (χ4v) is 1.50. The highest BCUT2D eigenvalue weighted by Crippen LogP contribution is 2.17. The van der Waals surface area contributed by atoms with Crippen molar-refractivity contribution in [3.63, 3.8) is 0 Å². The summed E-state index contributed by atoms with van der Waals surface area (Å²) in [6, 6.07) is 8.85. The number of hydrogen-bond acceptors (Lipinski definition) is 4. The summed E-state index contributed by atoms with van der Waals surface area (Å²) in [5, 5.41) is 18.0. The largest absolute Gasteiger partial charge is 0.478 e. The maximum Gasteiger partial charge on any atom is 0.328 e. The molecule has 6 heteroatoms. The topological polar surface area (TPSA) is 95.9 Å². The molecule has 0 radical (unpaired) electrons. The molecule has 0 bridgehead atoms. The smallest absolute Gasteiger partial charge is 0.328 e. The van der Waals surface area contributed by atoms with E-state index in [1.165, 1.54) is 6.08 Å². The van der Waals surface area contributed by atoms with Crippen molar-refractivity contribution < 1.29 is 9.90 Å². The first-order valence-electron chi connectivity index (χ1n) is 5.10. The van der Waals surface area contributed by atoms with Gasteiger partial charge in [-0.05, 0) is 11.6 Å². The van der Waals surface area contributed by atoms with Gasteiger partial charge in [-0.2, -0.15) is 0 Å². The first-order valence-corrected chi connectivity index (χ1v) is 5.10. The van der Waals surface area contributed by atoms with Crippen LogP contribution < -0.4 is 5.56 Å². The fourth-order valence-electron chi connectivity index (χ4n) is 1.50. The van der Waals surface area contributed by atoms with Crippen LogP contribution in [0.3, 0.4) is 0 Å². The molecule has 2 aromatic rings. The van der Waals surface area contributed by atoms with Crippen LogP contribution in [0.2, 0.25) is 0 Å². The van der Waals surface area contributed by atoms with E-state index in [2.05, 4.69) is 15.4 Å². The first kappa shape index (κ1) is 11.7. The highest BCUT2D eigenvalue weighted by molar-refractivity contribution is 5.86. The minimum Gasteiger partial charge on any atom is -0.478 e. The summed E-state index contributed by atoms with van der Waals surface area (Å²) in [5.74, 6) is -1.11. The Labute approximate surface area is 102 Å². The lowest BCUT2D eigenvalue weighted by molar-refractivity contribution is -0.131. The number of carboxylic acid groups (broad SMARTS) is 1. The number of H-pyrrole nitrogens is 1. The number of aromatic amines is 1. The SMILES string of the molecule is O=C(O)C=Cc1nn[nH]c(=O)c1-c1ccccc1. The fraction of sp³-hybridized carbons (Fsp3) is 0. The van der Waals surface area contributed by atoms with Crippen LogP contribution in [0.1, 0.15) is 5.69 Å². The second-order valence-electron chi connectivity index (χ2n) is 3.44. The molecule has 0 aliphatic carbocycles. The van der Waals surface area contributed by atoms with Crippen molar-refractivity contribution in [3.05, 3.63) is 52.5 Å². The maximum atomic E-state index is 11.7. The van der Waals surface area contributed by atoms with E-state index < -0.39 is 11.5 Å². The van der Waals surface area contributed by atoms with Gasteiger partial charge in [-0.1, -0.05) is 35.5 Å². The Morgan fingerprint density at radius 1 is 1.28 bits per heavy atom. The Balaban J connectivity index is 2.59. The van der Waals surface area contributed by atoms with Crippen molar-refractivity contribution in [1.29, 1.82) is 0 Å². The minimum atomic E-state index is -1.11. The second-order valence-corrected chi connectivity index (χ2v) is 3.44. The van der Waals surface area contributed by atoms with Gasteiger partial charge in [-0.25, -0.2) is 9.89 Å². The number of nitrogens with one attached hydrogen (secondary N) is 1. The molecular weight excluding hydrogens is 234 g/mol. The average molecular weight is 243 g/mol. The Hall–Kier alpha value is -2.76. The first-order chi connectivity index (χ1) is 8.68. The lowest BCUT2D eigenvalue weighted by Crippen LogP contribution is -2.14. The van der Waals surface area contributed by atoms with Crippen molar-refractivity contribution in [1.82, 2.24) is 15.4 Å². The van der Waals surface area contributed by atoms with Crippen LogP contribution in [-0.2, 0) is 4.79 Å². The quantitative estimate of drug-likeness (QED) is 0.782. The molecule has 0 amide bonds. The Morgan fingerprint density at radius 3 is 2.67 bits per heavy atom. The molecule has 0 spiro atoms. The highest BCUT2D eigenvalue weighted by Gasteiger charge is 2.09. The Morgan fingerprint density at radius 2 is 2.00 bits per heavy atom. The number of hydrogen-bond donors (Lipinski definition) is 2.